The second-order valence-electron chi connectivity index (χ2n) is 5.64. The Bertz CT molecular complexity index is 1150. The molecule has 0 amide bonds. The molecular weight excluding hydrogens is 342 g/mol. The molecule has 0 saturated heterocycles. The maximum absolute atomic E-state index is 11.5. The number of aryl methyl sites for hydroxylation is 1. The van der Waals surface area contributed by atoms with Crippen molar-refractivity contribution in [3.8, 4) is 21.6 Å². The highest BCUT2D eigenvalue weighted by Crippen LogP contribution is 2.43. The Kier molecular flexibility index (Phi) is 3.42. The average Bonchev–Trinajstić information content (AvgIpc) is 2.98. The van der Waals surface area contributed by atoms with Gasteiger partial charge in [-0.15, -0.1) is 0 Å². The highest BCUT2D eigenvalue weighted by atomic mass is 32.2. The first kappa shape index (κ1) is 15.3. The average molecular weight is 355 g/mol. The van der Waals surface area contributed by atoms with E-state index in [-0.39, 0.29) is 4.90 Å². The lowest BCUT2D eigenvalue weighted by Gasteiger charge is -2.11. The van der Waals surface area contributed by atoms with E-state index in [4.69, 9.17) is 0 Å². The number of benzene rings is 2. The molecule has 6 heteroatoms. The van der Waals surface area contributed by atoms with Gasteiger partial charge in [-0.1, -0.05) is 30.3 Å². The minimum absolute atomic E-state index is 0.0977. The monoisotopic (exact) mass is 355 g/mol. The van der Waals surface area contributed by atoms with Gasteiger partial charge >= 0.3 is 0 Å². The van der Waals surface area contributed by atoms with E-state index in [1.54, 1.807) is 6.07 Å². The zero-order valence-electron chi connectivity index (χ0n) is 12.7. The second kappa shape index (κ2) is 5.37. The van der Waals surface area contributed by atoms with Gasteiger partial charge in [0.1, 0.15) is 0 Å². The summed E-state index contributed by atoms with van der Waals surface area (Å²) >= 11 is 1.42. The first-order valence-electron chi connectivity index (χ1n) is 7.31. The molecule has 0 atom stereocenters. The Hall–Kier alpha value is -2.28. The molecule has 1 aliphatic heterocycles. The minimum Gasteiger partial charge on any atom is -0.282 e. The van der Waals surface area contributed by atoms with Crippen LogP contribution in [0.25, 0.3) is 32.5 Å². The van der Waals surface area contributed by atoms with Gasteiger partial charge in [0, 0.05) is 10.9 Å². The van der Waals surface area contributed by atoms with Gasteiger partial charge in [0.2, 0.25) is 0 Å². The van der Waals surface area contributed by atoms with Crippen molar-refractivity contribution in [2.24, 2.45) is 0 Å². The molecule has 0 radical (unpaired) electrons. The second-order valence-corrected chi connectivity index (χ2v) is 7.86. The van der Waals surface area contributed by atoms with Crippen molar-refractivity contribution in [2.75, 3.05) is 0 Å². The van der Waals surface area contributed by atoms with E-state index < -0.39 is 10.1 Å². The van der Waals surface area contributed by atoms with E-state index in [2.05, 4.69) is 4.37 Å². The zero-order valence-corrected chi connectivity index (χ0v) is 14.4. The van der Waals surface area contributed by atoms with Gasteiger partial charge < -0.3 is 0 Å². The lowest BCUT2D eigenvalue weighted by Crippen LogP contribution is -1.99. The van der Waals surface area contributed by atoms with Gasteiger partial charge in [-0.2, -0.15) is 12.8 Å². The third-order valence-corrected chi connectivity index (χ3v) is 5.80. The van der Waals surface area contributed by atoms with Gasteiger partial charge in [-0.05, 0) is 59.4 Å². The van der Waals surface area contributed by atoms with Gasteiger partial charge in [0.25, 0.3) is 10.1 Å². The van der Waals surface area contributed by atoms with Gasteiger partial charge in [-0.3, -0.25) is 4.55 Å². The number of rotatable bonds is 2. The molecule has 120 valence electrons. The molecule has 24 heavy (non-hydrogen) atoms. The molecule has 0 bridgehead atoms. The van der Waals surface area contributed by atoms with Crippen LogP contribution in [0, 0.1) is 6.92 Å². The molecule has 2 aromatic carbocycles. The zero-order chi connectivity index (χ0) is 16.9. The van der Waals surface area contributed by atoms with E-state index in [1.165, 1.54) is 23.7 Å². The van der Waals surface area contributed by atoms with Crippen molar-refractivity contribution in [1.82, 2.24) is 4.37 Å². The number of aromatic nitrogens is 1. The SMILES string of the molecule is Cc1ccc(S(=O)(=O)O)cc1-c1ccc2snc3ccccc3c1-2. The van der Waals surface area contributed by atoms with Crippen LogP contribution in [0.2, 0.25) is 0 Å². The summed E-state index contributed by atoms with van der Waals surface area (Å²) in [5, 5.41) is 1.03. The molecule has 2 aliphatic rings. The molecule has 0 spiro atoms. The molecular formula is C18H13NO3S2. The third kappa shape index (κ3) is 2.39. The maximum atomic E-state index is 11.5. The Balaban J connectivity index is 2.06. The van der Waals surface area contributed by atoms with Crippen molar-refractivity contribution in [2.45, 2.75) is 11.8 Å². The summed E-state index contributed by atoms with van der Waals surface area (Å²) in [5.41, 5.74) is 4.65. The van der Waals surface area contributed by atoms with Crippen LogP contribution in [0.1, 0.15) is 5.56 Å². The fraction of sp³-hybridized carbons (Fsp3) is 0.0556. The summed E-state index contributed by atoms with van der Waals surface area (Å²) in [5.74, 6) is 0. The summed E-state index contributed by atoms with van der Waals surface area (Å²) in [6.07, 6.45) is 0. The predicted octanol–water partition coefficient (Wildman–Crippen LogP) is 4.62. The lowest BCUT2D eigenvalue weighted by atomic mass is 9.97. The quantitative estimate of drug-likeness (QED) is 0.533. The topological polar surface area (TPSA) is 67.3 Å². The van der Waals surface area contributed by atoms with Crippen LogP contribution in [0.4, 0.5) is 0 Å². The number of hydrogen-bond donors (Lipinski definition) is 1. The molecule has 1 N–H and O–H groups in total. The number of nitrogens with zero attached hydrogens (tertiary/aromatic N) is 1. The van der Waals surface area contributed by atoms with Crippen LogP contribution in [0.5, 0.6) is 0 Å². The Labute approximate surface area is 143 Å². The minimum atomic E-state index is -4.24. The Morgan fingerprint density at radius 2 is 1.79 bits per heavy atom. The van der Waals surface area contributed by atoms with Crippen molar-refractivity contribution in [1.29, 1.82) is 0 Å². The van der Waals surface area contributed by atoms with Gasteiger partial charge in [-0.25, -0.2) is 0 Å². The van der Waals surface area contributed by atoms with Crippen LogP contribution in [-0.2, 0) is 10.1 Å². The van der Waals surface area contributed by atoms with Crippen molar-refractivity contribution >= 4 is 32.6 Å². The smallest absolute Gasteiger partial charge is 0.282 e. The molecule has 0 saturated carbocycles. The molecule has 1 heterocycles. The summed E-state index contributed by atoms with van der Waals surface area (Å²) < 4.78 is 36.8. The molecule has 1 aliphatic carbocycles. The highest BCUT2D eigenvalue weighted by Gasteiger charge is 2.19. The van der Waals surface area contributed by atoms with E-state index in [1.807, 2.05) is 43.3 Å². The fourth-order valence-corrected chi connectivity index (χ4v) is 4.25. The molecule has 4 nitrogen and oxygen atoms in total. The Morgan fingerprint density at radius 1 is 1.00 bits per heavy atom. The molecule has 2 aromatic rings. The first-order valence-corrected chi connectivity index (χ1v) is 9.52. The van der Waals surface area contributed by atoms with E-state index in [0.717, 1.165) is 38.0 Å². The normalized spacial score (nSPS) is 12.1. The van der Waals surface area contributed by atoms with Crippen LogP contribution in [-0.4, -0.2) is 17.3 Å². The van der Waals surface area contributed by atoms with Gasteiger partial charge in [0.05, 0.1) is 15.3 Å². The van der Waals surface area contributed by atoms with Crippen LogP contribution < -0.4 is 0 Å². The molecule has 4 rings (SSSR count). The van der Waals surface area contributed by atoms with Crippen LogP contribution in [0.15, 0.2) is 59.5 Å². The standard InChI is InChI=1S/C18H13NO3S2/c1-11-6-7-12(24(20,21)22)10-15(11)13-8-9-17-18(13)14-4-2-3-5-16(14)19-23-17/h2-10H,1H3,(H,20,21,22). The van der Waals surface area contributed by atoms with Crippen LogP contribution >= 0.6 is 11.5 Å². The van der Waals surface area contributed by atoms with Crippen molar-refractivity contribution < 1.29 is 13.0 Å². The maximum Gasteiger partial charge on any atom is 0.294 e. The number of hydrogen-bond acceptors (Lipinski definition) is 4. The predicted molar refractivity (Wildman–Crippen MR) is 96.2 cm³/mol. The first-order chi connectivity index (χ1) is 11.4. The largest absolute Gasteiger partial charge is 0.294 e. The fourth-order valence-electron chi connectivity index (χ4n) is 2.95. The molecule has 0 unspecified atom stereocenters. The Morgan fingerprint density at radius 3 is 2.58 bits per heavy atom. The summed E-state index contributed by atoms with van der Waals surface area (Å²) in [6, 6.07) is 16.5. The van der Waals surface area contributed by atoms with Crippen molar-refractivity contribution in [3.63, 3.8) is 0 Å². The van der Waals surface area contributed by atoms with E-state index >= 15 is 0 Å². The van der Waals surface area contributed by atoms with E-state index in [0.29, 0.717) is 0 Å². The number of fused-ring (bicyclic) bond motifs is 3. The lowest BCUT2D eigenvalue weighted by molar-refractivity contribution is 0.483. The summed E-state index contributed by atoms with van der Waals surface area (Å²) in [4.78, 5) is 0.944. The molecule has 0 fully saturated rings. The third-order valence-electron chi connectivity index (χ3n) is 4.13. The van der Waals surface area contributed by atoms with Crippen molar-refractivity contribution in [3.05, 3.63) is 60.2 Å². The summed E-state index contributed by atoms with van der Waals surface area (Å²) in [7, 11) is -4.24. The summed E-state index contributed by atoms with van der Waals surface area (Å²) in [6.45, 7) is 1.93. The highest BCUT2D eigenvalue weighted by molar-refractivity contribution is 7.85. The van der Waals surface area contributed by atoms with Crippen LogP contribution in [0.3, 0.4) is 0 Å². The van der Waals surface area contributed by atoms with E-state index in [9.17, 15) is 13.0 Å². The molecule has 0 aromatic heterocycles. The van der Waals surface area contributed by atoms with Gasteiger partial charge in [0.15, 0.2) is 0 Å².